The summed E-state index contributed by atoms with van der Waals surface area (Å²) >= 11 is 3.47. The molecule has 132 valence electrons. The van der Waals surface area contributed by atoms with Crippen LogP contribution in [0.2, 0.25) is 0 Å². The summed E-state index contributed by atoms with van der Waals surface area (Å²) in [5.41, 5.74) is 1.01. The lowest BCUT2D eigenvalue weighted by Crippen LogP contribution is -2.37. The van der Waals surface area contributed by atoms with Gasteiger partial charge in [0.05, 0.1) is 20.2 Å². The number of benzene rings is 1. The highest BCUT2D eigenvalue weighted by Gasteiger charge is 2.05. The Morgan fingerprint density at radius 2 is 2.17 bits per heavy atom. The van der Waals surface area contributed by atoms with E-state index in [0.29, 0.717) is 13.1 Å². The SMILES string of the molecule is CCNC(=NCc1cc(Br)ccc1OC)NCc1ncnn1C.I. The van der Waals surface area contributed by atoms with Gasteiger partial charge in [0.25, 0.3) is 0 Å². The summed E-state index contributed by atoms with van der Waals surface area (Å²) in [6.45, 7) is 3.87. The van der Waals surface area contributed by atoms with Crippen LogP contribution in [0.1, 0.15) is 18.3 Å². The quantitative estimate of drug-likeness (QED) is 0.356. The molecule has 0 spiro atoms. The number of aryl methyl sites for hydroxylation is 1. The number of aromatic nitrogens is 3. The van der Waals surface area contributed by atoms with Gasteiger partial charge >= 0.3 is 0 Å². The lowest BCUT2D eigenvalue weighted by atomic mass is 10.2. The molecule has 1 aromatic heterocycles. The molecular weight excluding hydrogens is 487 g/mol. The first-order valence-electron chi connectivity index (χ1n) is 7.31. The van der Waals surface area contributed by atoms with Gasteiger partial charge in [-0.05, 0) is 25.1 Å². The summed E-state index contributed by atoms with van der Waals surface area (Å²) in [5.74, 6) is 2.38. The molecule has 0 bridgehead atoms. The van der Waals surface area contributed by atoms with Gasteiger partial charge in [-0.2, -0.15) is 5.10 Å². The highest BCUT2D eigenvalue weighted by atomic mass is 127. The standard InChI is InChI=1S/C15H21BrN6O.HI/c1-4-17-15(19-9-14-20-10-21-22(14)2)18-8-11-7-12(16)5-6-13(11)23-3;/h5-7,10H,4,8-9H2,1-3H3,(H2,17,18,19);1H. The first-order chi connectivity index (χ1) is 11.1. The first-order valence-corrected chi connectivity index (χ1v) is 8.10. The van der Waals surface area contributed by atoms with Gasteiger partial charge < -0.3 is 15.4 Å². The number of guanidine groups is 1. The Bertz CT molecular complexity index is 676. The third kappa shape index (κ3) is 5.93. The molecule has 2 N–H and O–H groups in total. The molecule has 0 aliphatic carbocycles. The molecule has 0 atom stereocenters. The van der Waals surface area contributed by atoms with Gasteiger partial charge in [-0.3, -0.25) is 4.68 Å². The molecule has 2 rings (SSSR count). The number of rotatable bonds is 6. The summed E-state index contributed by atoms with van der Waals surface area (Å²) in [6.07, 6.45) is 1.54. The highest BCUT2D eigenvalue weighted by Crippen LogP contribution is 2.23. The molecule has 1 heterocycles. The third-order valence-corrected chi connectivity index (χ3v) is 3.71. The van der Waals surface area contributed by atoms with Crippen molar-refractivity contribution >= 4 is 45.9 Å². The normalized spacial score (nSPS) is 10.9. The maximum Gasteiger partial charge on any atom is 0.191 e. The number of halogens is 2. The van der Waals surface area contributed by atoms with Crippen LogP contribution in [0.15, 0.2) is 34.0 Å². The number of ether oxygens (including phenoxy) is 1. The van der Waals surface area contributed by atoms with E-state index < -0.39 is 0 Å². The van der Waals surface area contributed by atoms with Crippen molar-refractivity contribution in [1.29, 1.82) is 0 Å². The van der Waals surface area contributed by atoms with Crippen molar-refractivity contribution in [3.8, 4) is 5.75 Å². The van der Waals surface area contributed by atoms with Gasteiger partial charge in [0, 0.05) is 23.6 Å². The fraction of sp³-hybridized carbons (Fsp3) is 0.400. The van der Waals surface area contributed by atoms with E-state index in [1.165, 1.54) is 6.33 Å². The Labute approximate surface area is 167 Å². The summed E-state index contributed by atoms with van der Waals surface area (Å²) < 4.78 is 8.11. The van der Waals surface area contributed by atoms with Crippen LogP contribution in [0.3, 0.4) is 0 Å². The smallest absolute Gasteiger partial charge is 0.191 e. The van der Waals surface area contributed by atoms with Crippen LogP contribution >= 0.6 is 39.9 Å². The van der Waals surface area contributed by atoms with Crippen LogP contribution in [-0.4, -0.2) is 34.4 Å². The number of hydrogen-bond acceptors (Lipinski definition) is 4. The lowest BCUT2D eigenvalue weighted by molar-refractivity contribution is 0.409. The van der Waals surface area contributed by atoms with E-state index >= 15 is 0 Å². The molecule has 0 aliphatic heterocycles. The van der Waals surface area contributed by atoms with Gasteiger partial charge in [-0.25, -0.2) is 9.98 Å². The van der Waals surface area contributed by atoms with E-state index in [1.807, 2.05) is 32.2 Å². The molecule has 2 aromatic rings. The zero-order valence-electron chi connectivity index (χ0n) is 13.9. The summed E-state index contributed by atoms with van der Waals surface area (Å²) in [7, 11) is 3.52. The third-order valence-electron chi connectivity index (χ3n) is 3.21. The molecular formula is C15H22BrIN6O. The molecule has 1 aromatic carbocycles. The van der Waals surface area contributed by atoms with E-state index in [-0.39, 0.29) is 24.0 Å². The minimum absolute atomic E-state index is 0. The van der Waals surface area contributed by atoms with Crippen molar-refractivity contribution < 1.29 is 4.74 Å². The zero-order valence-corrected chi connectivity index (χ0v) is 17.8. The van der Waals surface area contributed by atoms with Gasteiger partial charge in [0.2, 0.25) is 0 Å². The van der Waals surface area contributed by atoms with Gasteiger partial charge in [0.1, 0.15) is 17.9 Å². The van der Waals surface area contributed by atoms with Crippen molar-refractivity contribution in [1.82, 2.24) is 25.4 Å². The van der Waals surface area contributed by atoms with Crippen LogP contribution in [0.25, 0.3) is 0 Å². The Morgan fingerprint density at radius 1 is 1.38 bits per heavy atom. The summed E-state index contributed by atoms with van der Waals surface area (Å²) in [6, 6.07) is 5.88. The molecule has 9 heteroatoms. The second-order valence-corrected chi connectivity index (χ2v) is 5.72. The van der Waals surface area contributed by atoms with Crippen molar-refractivity contribution in [3.05, 3.63) is 40.4 Å². The van der Waals surface area contributed by atoms with Crippen LogP contribution in [-0.2, 0) is 20.1 Å². The lowest BCUT2D eigenvalue weighted by Gasteiger charge is -2.12. The summed E-state index contributed by atoms with van der Waals surface area (Å²) in [5, 5.41) is 10.5. The maximum atomic E-state index is 5.37. The second-order valence-electron chi connectivity index (χ2n) is 4.80. The van der Waals surface area contributed by atoms with Crippen molar-refractivity contribution in [2.75, 3.05) is 13.7 Å². The number of methoxy groups -OCH3 is 1. The highest BCUT2D eigenvalue weighted by molar-refractivity contribution is 14.0. The average molecular weight is 509 g/mol. The Balaban J connectivity index is 0.00000288. The zero-order chi connectivity index (χ0) is 16.7. The van der Waals surface area contributed by atoms with E-state index in [0.717, 1.165) is 34.1 Å². The van der Waals surface area contributed by atoms with Crippen LogP contribution < -0.4 is 15.4 Å². The monoisotopic (exact) mass is 508 g/mol. The fourth-order valence-electron chi connectivity index (χ4n) is 2.02. The van der Waals surface area contributed by atoms with Gasteiger partial charge in [-0.1, -0.05) is 15.9 Å². The van der Waals surface area contributed by atoms with Crippen molar-refractivity contribution in [3.63, 3.8) is 0 Å². The van der Waals surface area contributed by atoms with Crippen molar-refractivity contribution in [2.24, 2.45) is 12.0 Å². The Morgan fingerprint density at radius 3 is 2.79 bits per heavy atom. The number of hydrogen-bond donors (Lipinski definition) is 2. The predicted octanol–water partition coefficient (Wildman–Crippen LogP) is 2.46. The van der Waals surface area contributed by atoms with Crippen LogP contribution in [0.4, 0.5) is 0 Å². The molecule has 7 nitrogen and oxygen atoms in total. The average Bonchev–Trinajstić information content (AvgIpc) is 2.95. The fourth-order valence-corrected chi connectivity index (χ4v) is 2.43. The van der Waals surface area contributed by atoms with Crippen LogP contribution in [0.5, 0.6) is 5.75 Å². The Hall–Kier alpha value is -1.36. The largest absolute Gasteiger partial charge is 0.496 e. The topological polar surface area (TPSA) is 76.4 Å². The molecule has 0 aliphatic rings. The number of nitrogens with zero attached hydrogens (tertiary/aromatic N) is 4. The minimum atomic E-state index is 0. The number of nitrogens with one attached hydrogen (secondary N) is 2. The molecule has 0 amide bonds. The maximum absolute atomic E-state index is 5.37. The molecule has 0 unspecified atom stereocenters. The second kappa shape index (κ2) is 10.5. The van der Waals surface area contributed by atoms with Crippen molar-refractivity contribution in [2.45, 2.75) is 20.0 Å². The predicted molar refractivity (Wildman–Crippen MR) is 109 cm³/mol. The molecule has 0 radical (unpaired) electrons. The molecule has 0 saturated heterocycles. The van der Waals surface area contributed by atoms with Gasteiger partial charge in [-0.15, -0.1) is 24.0 Å². The van der Waals surface area contributed by atoms with E-state index in [4.69, 9.17) is 4.74 Å². The van der Waals surface area contributed by atoms with Gasteiger partial charge in [0.15, 0.2) is 5.96 Å². The Kier molecular flexibility index (Phi) is 9.04. The summed E-state index contributed by atoms with van der Waals surface area (Å²) in [4.78, 5) is 8.78. The molecule has 0 fully saturated rings. The molecule has 24 heavy (non-hydrogen) atoms. The van der Waals surface area contributed by atoms with E-state index in [9.17, 15) is 0 Å². The van der Waals surface area contributed by atoms with Crippen LogP contribution in [0, 0.1) is 0 Å². The molecule has 0 saturated carbocycles. The minimum Gasteiger partial charge on any atom is -0.496 e. The number of aliphatic imine (C=N–C) groups is 1. The van der Waals surface area contributed by atoms with E-state index in [2.05, 4.69) is 41.6 Å². The first kappa shape index (κ1) is 20.7. The van der Waals surface area contributed by atoms with E-state index in [1.54, 1.807) is 11.8 Å².